The molecule has 0 saturated carbocycles. The molecule has 7 nitrogen and oxygen atoms in total. The van der Waals surface area contributed by atoms with Crippen LogP contribution < -0.4 is 15.4 Å². The molecule has 128 valence electrons. The number of hydrogen-bond donors (Lipinski definition) is 1. The van der Waals surface area contributed by atoms with Gasteiger partial charge in [0, 0.05) is 30.9 Å². The summed E-state index contributed by atoms with van der Waals surface area (Å²) in [5, 5.41) is 4.05. The van der Waals surface area contributed by atoms with Crippen LogP contribution in [0.15, 0.2) is 47.1 Å². The fourth-order valence-corrected chi connectivity index (χ4v) is 2.89. The van der Waals surface area contributed by atoms with Crippen LogP contribution in [0.2, 0.25) is 0 Å². The van der Waals surface area contributed by atoms with Crippen LogP contribution in [0.4, 0.5) is 5.82 Å². The molecule has 7 heteroatoms. The molecule has 0 bridgehead atoms. The molecule has 1 fully saturated rings. The summed E-state index contributed by atoms with van der Waals surface area (Å²) in [4.78, 5) is 11.1. The number of hydrogen-bond acceptors (Lipinski definition) is 7. The van der Waals surface area contributed by atoms with Gasteiger partial charge in [0.2, 0.25) is 5.82 Å². The SMILES string of the molecule is COc1ccc(-c2noc(-c3ccc(N4CC[C@H](N)C4)nc3)n2)cc1. The lowest BCUT2D eigenvalue weighted by Crippen LogP contribution is -2.26. The number of ether oxygens (including phenoxy) is 1. The summed E-state index contributed by atoms with van der Waals surface area (Å²) >= 11 is 0. The van der Waals surface area contributed by atoms with Crippen LogP contribution >= 0.6 is 0 Å². The zero-order valence-corrected chi connectivity index (χ0v) is 13.9. The lowest BCUT2D eigenvalue weighted by atomic mass is 10.2. The Labute approximate surface area is 145 Å². The quantitative estimate of drug-likeness (QED) is 0.781. The number of anilines is 1. The largest absolute Gasteiger partial charge is 0.497 e. The summed E-state index contributed by atoms with van der Waals surface area (Å²) in [5.41, 5.74) is 7.61. The highest BCUT2D eigenvalue weighted by Crippen LogP contribution is 2.25. The van der Waals surface area contributed by atoms with Gasteiger partial charge >= 0.3 is 0 Å². The van der Waals surface area contributed by atoms with E-state index in [1.807, 2.05) is 36.4 Å². The van der Waals surface area contributed by atoms with Crippen molar-refractivity contribution in [2.75, 3.05) is 25.1 Å². The minimum Gasteiger partial charge on any atom is -0.497 e. The number of pyridine rings is 1. The van der Waals surface area contributed by atoms with Crippen molar-refractivity contribution in [3.05, 3.63) is 42.6 Å². The molecule has 0 aliphatic carbocycles. The molecule has 1 atom stereocenters. The maximum atomic E-state index is 5.95. The van der Waals surface area contributed by atoms with Gasteiger partial charge in [-0.1, -0.05) is 5.16 Å². The van der Waals surface area contributed by atoms with Gasteiger partial charge in [-0.05, 0) is 42.8 Å². The lowest BCUT2D eigenvalue weighted by Gasteiger charge is -2.16. The van der Waals surface area contributed by atoms with Crippen molar-refractivity contribution >= 4 is 5.82 Å². The summed E-state index contributed by atoms with van der Waals surface area (Å²) in [6, 6.07) is 11.6. The third kappa shape index (κ3) is 3.18. The highest BCUT2D eigenvalue weighted by Gasteiger charge is 2.20. The maximum absolute atomic E-state index is 5.95. The molecule has 2 aromatic heterocycles. The molecule has 0 spiro atoms. The van der Waals surface area contributed by atoms with Crippen molar-refractivity contribution < 1.29 is 9.26 Å². The Hall–Kier alpha value is -2.93. The zero-order valence-electron chi connectivity index (χ0n) is 13.9. The van der Waals surface area contributed by atoms with Gasteiger partial charge in [0.1, 0.15) is 11.6 Å². The van der Waals surface area contributed by atoms with E-state index in [-0.39, 0.29) is 6.04 Å². The second kappa shape index (κ2) is 6.52. The fraction of sp³-hybridized carbons (Fsp3) is 0.278. The molecule has 2 N–H and O–H groups in total. The Balaban J connectivity index is 1.53. The Bertz CT molecular complexity index is 845. The van der Waals surface area contributed by atoms with Gasteiger partial charge < -0.3 is 19.9 Å². The molecule has 1 aromatic carbocycles. The standard InChI is InChI=1S/C18H19N5O2/c1-24-15-5-2-12(3-6-15)17-21-18(25-22-17)13-4-7-16(20-10-13)23-9-8-14(19)11-23/h2-7,10,14H,8-9,11,19H2,1H3/t14-/m0/s1. The van der Waals surface area contributed by atoms with Crippen LogP contribution in [-0.4, -0.2) is 41.4 Å². The van der Waals surface area contributed by atoms with Crippen LogP contribution in [0.5, 0.6) is 5.75 Å². The third-order valence-corrected chi connectivity index (χ3v) is 4.32. The predicted molar refractivity (Wildman–Crippen MR) is 94.3 cm³/mol. The number of nitrogens with zero attached hydrogens (tertiary/aromatic N) is 4. The zero-order chi connectivity index (χ0) is 17.2. The number of methoxy groups -OCH3 is 1. The van der Waals surface area contributed by atoms with Gasteiger partial charge in [-0.2, -0.15) is 4.98 Å². The molecular weight excluding hydrogens is 318 g/mol. The number of rotatable bonds is 4. The van der Waals surface area contributed by atoms with Gasteiger partial charge in [0.05, 0.1) is 12.7 Å². The van der Waals surface area contributed by atoms with E-state index in [9.17, 15) is 0 Å². The molecular formula is C18H19N5O2. The number of aromatic nitrogens is 3. The van der Waals surface area contributed by atoms with Crippen molar-refractivity contribution in [1.29, 1.82) is 0 Å². The van der Waals surface area contributed by atoms with Gasteiger partial charge in [0.15, 0.2) is 0 Å². The maximum Gasteiger partial charge on any atom is 0.259 e. The van der Waals surface area contributed by atoms with E-state index in [0.717, 1.165) is 42.2 Å². The average molecular weight is 337 g/mol. The Morgan fingerprint density at radius 3 is 2.60 bits per heavy atom. The number of benzene rings is 1. The summed E-state index contributed by atoms with van der Waals surface area (Å²) in [6.45, 7) is 1.78. The monoisotopic (exact) mass is 337 g/mol. The van der Waals surface area contributed by atoms with E-state index in [0.29, 0.717) is 11.7 Å². The van der Waals surface area contributed by atoms with Crippen molar-refractivity contribution in [1.82, 2.24) is 15.1 Å². The van der Waals surface area contributed by atoms with E-state index < -0.39 is 0 Å². The minimum atomic E-state index is 0.226. The van der Waals surface area contributed by atoms with E-state index in [1.54, 1.807) is 13.3 Å². The second-order valence-electron chi connectivity index (χ2n) is 6.05. The molecule has 0 radical (unpaired) electrons. The first-order valence-corrected chi connectivity index (χ1v) is 8.18. The Morgan fingerprint density at radius 1 is 1.16 bits per heavy atom. The summed E-state index contributed by atoms with van der Waals surface area (Å²) < 4.78 is 10.5. The second-order valence-corrected chi connectivity index (χ2v) is 6.05. The van der Waals surface area contributed by atoms with Crippen LogP contribution in [-0.2, 0) is 0 Å². The average Bonchev–Trinajstić information content (AvgIpc) is 3.31. The van der Waals surface area contributed by atoms with Gasteiger partial charge in [-0.25, -0.2) is 4.98 Å². The first kappa shape index (κ1) is 15.6. The van der Waals surface area contributed by atoms with Crippen LogP contribution in [0.3, 0.4) is 0 Å². The Morgan fingerprint density at radius 2 is 1.96 bits per heavy atom. The van der Waals surface area contributed by atoms with Gasteiger partial charge in [-0.3, -0.25) is 0 Å². The molecule has 1 saturated heterocycles. The topological polar surface area (TPSA) is 90.3 Å². The molecule has 0 unspecified atom stereocenters. The lowest BCUT2D eigenvalue weighted by molar-refractivity contribution is 0.415. The molecule has 4 rings (SSSR count). The summed E-state index contributed by atoms with van der Waals surface area (Å²) in [5.74, 6) is 2.69. The number of nitrogens with two attached hydrogens (primary N) is 1. The molecule has 0 amide bonds. The Kier molecular flexibility index (Phi) is 4.07. The summed E-state index contributed by atoms with van der Waals surface area (Å²) in [7, 11) is 1.63. The predicted octanol–water partition coefficient (Wildman–Crippen LogP) is 2.34. The first-order chi connectivity index (χ1) is 12.2. The molecule has 25 heavy (non-hydrogen) atoms. The van der Waals surface area contributed by atoms with Crippen LogP contribution in [0, 0.1) is 0 Å². The molecule has 1 aliphatic rings. The fourth-order valence-electron chi connectivity index (χ4n) is 2.89. The highest BCUT2D eigenvalue weighted by molar-refractivity contribution is 5.61. The van der Waals surface area contributed by atoms with Crippen LogP contribution in [0.25, 0.3) is 22.8 Å². The van der Waals surface area contributed by atoms with Crippen LogP contribution in [0.1, 0.15) is 6.42 Å². The van der Waals surface area contributed by atoms with Gasteiger partial charge in [0.25, 0.3) is 5.89 Å². The molecule has 3 aromatic rings. The summed E-state index contributed by atoms with van der Waals surface area (Å²) in [6.07, 6.45) is 2.75. The van der Waals surface area contributed by atoms with Crippen molar-refractivity contribution in [2.24, 2.45) is 5.73 Å². The van der Waals surface area contributed by atoms with Crippen molar-refractivity contribution in [3.8, 4) is 28.6 Å². The smallest absolute Gasteiger partial charge is 0.259 e. The van der Waals surface area contributed by atoms with Gasteiger partial charge in [-0.15, -0.1) is 0 Å². The third-order valence-electron chi connectivity index (χ3n) is 4.32. The molecule has 1 aliphatic heterocycles. The van der Waals surface area contributed by atoms with Crippen molar-refractivity contribution in [3.63, 3.8) is 0 Å². The minimum absolute atomic E-state index is 0.226. The highest BCUT2D eigenvalue weighted by atomic mass is 16.5. The van der Waals surface area contributed by atoms with E-state index in [4.69, 9.17) is 15.0 Å². The molecule has 3 heterocycles. The normalized spacial score (nSPS) is 17.0. The van der Waals surface area contributed by atoms with E-state index in [2.05, 4.69) is 20.0 Å². The first-order valence-electron chi connectivity index (χ1n) is 8.18. The van der Waals surface area contributed by atoms with Crippen molar-refractivity contribution in [2.45, 2.75) is 12.5 Å². The van der Waals surface area contributed by atoms with E-state index in [1.165, 1.54) is 0 Å². The van der Waals surface area contributed by atoms with E-state index >= 15 is 0 Å².